The number of thioether (sulfide) groups is 1. The molecule has 0 aromatic heterocycles. The lowest BCUT2D eigenvalue weighted by Crippen LogP contribution is -2.57. The molecule has 2 aromatic carbocycles. The Morgan fingerprint density at radius 2 is 1.72 bits per heavy atom. The summed E-state index contributed by atoms with van der Waals surface area (Å²) >= 11 is 1.59. The van der Waals surface area contributed by atoms with Crippen molar-refractivity contribution in [2.45, 2.75) is 37.0 Å². The Bertz CT molecular complexity index is 900. The van der Waals surface area contributed by atoms with Gasteiger partial charge in [-0.3, -0.25) is 4.90 Å². The van der Waals surface area contributed by atoms with Crippen LogP contribution in [0.1, 0.15) is 37.3 Å². The molecule has 6 heteroatoms. The molecule has 0 bridgehead atoms. The minimum Gasteiger partial charge on any atom is -0.479 e. The average Bonchev–Trinajstić information content (AvgIpc) is 3.26. The molecule has 1 fully saturated rings. The molecule has 4 rings (SSSR count). The fourth-order valence-electron chi connectivity index (χ4n) is 4.60. The highest BCUT2D eigenvalue weighted by Crippen LogP contribution is 2.45. The zero-order valence-electron chi connectivity index (χ0n) is 16.6. The van der Waals surface area contributed by atoms with Gasteiger partial charge in [-0.25, -0.2) is 9.59 Å². The monoisotopic (exact) mass is 411 g/mol. The summed E-state index contributed by atoms with van der Waals surface area (Å²) < 4.78 is 5.73. The molecule has 1 N–H and O–H groups in total. The van der Waals surface area contributed by atoms with E-state index in [9.17, 15) is 14.7 Å². The van der Waals surface area contributed by atoms with Crippen molar-refractivity contribution in [3.63, 3.8) is 0 Å². The van der Waals surface area contributed by atoms with Crippen molar-refractivity contribution >= 4 is 23.8 Å². The molecular formula is C23H25NO4S. The Hall–Kier alpha value is -2.47. The molecule has 2 unspecified atom stereocenters. The highest BCUT2D eigenvalue weighted by Gasteiger charge is 2.51. The maximum atomic E-state index is 13.0. The number of hydrogen-bond acceptors (Lipinski definition) is 4. The molecule has 1 saturated heterocycles. The van der Waals surface area contributed by atoms with Crippen molar-refractivity contribution in [1.29, 1.82) is 0 Å². The molecule has 1 amide bonds. The van der Waals surface area contributed by atoms with Crippen LogP contribution in [0.5, 0.6) is 0 Å². The van der Waals surface area contributed by atoms with Gasteiger partial charge in [-0.15, -0.1) is 0 Å². The van der Waals surface area contributed by atoms with Crippen molar-refractivity contribution in [2.24, 2.45) is 0 Å². The highest BCUT2D eigenvalue weighted by molar-refractivity contribution is 8.00. The number of nitrogens with zero attached hydrogens (tertiary/aromatic N) is 1. The first-order valence-electron chi connectivity index (χ1n) is 9.95. The lowest BCUT2D eigenvalue weighted by Gasteiger charge is -2.36. The Labute approximate surface area is 175 Å². The second-order valence-corrected chi connectivity index (χ2v) is 9.14. The molecule has 0 spiro atoms. The van der Waals surface area contributed by atoms with Gasteiger partial charge in [0, 0.05) is 23.5 Å². The van der Waals surface area contributed by atoms with Gasteiger partial charge < -0.3 is 9.84 Å². The topological polar surface area (TPSA) is 66.8 Å². The van der Waals surface area contributed by atoms with Gasteiger partial charge >= 0.3 is 12.1 Å². The van der Waals surface area contributed by atoms with Crippen LogP contribution in [0.4, 0.5) is 4.79 Å². The molecule has 152 valence electrons. The van der Waals surface area contributed by atoms with E-state index in [-0.39, 0.29) is 17.8 Å². The summed E-state index contributed by atoms with van der Waals surface area (Å²) in [4.78, 5) is 26.5. The highest BCUT2D eigenvalue weighted by atomic mass is 32.2. The second-order valence-electron chi connectivity index (χ2n) is 7.71. The third-order valence-electron chi connectivity index (χ3n) is 6.02. The Morgan fingerprint density at radius 3 is 2.21 bits per heavy atom. The van der Waals surface area contributed by atoms with Gasteiger partial charge in [-0.05, 0) is 35.6 Å². The van der Waals surface area contributed by atoms with Gasteiger partial charge in [-0.1, -0.05) is 55.5 Å². The normalized spacial score (nSPS) is 22.8. The van der Waals surface area contributed by atoms with E-state index in [4.69, 9.17) is 4.74 Å². The summed E-state index contributed by atoms with van der Waals surface area (Å²) in [5.74, 6) is -0.603. The van der Waals surface area contributed by atoms with Crippen LogP contribution in [0.25, 0.3) is 11.1 Å². The molecule has 2 aliphatic rings. The van der Waals surface area contributed by atoms with Crippen molar-refractivity contribution < 1.29 is 19.4 Å². The first-order valence-corrected chi connectivity index (χ1v) is 11.0. The van der Waals surface area contributed by atoms with Crippen LogP contribution in [0, 0.1) is 0 Å². The number of carboxylic acids is 1. The zero-order valence-corrected chi connectivity index (χ0v) is 17.4. The molecule has 5 nitrogen and oxygen atoms in total. The lowest BCUT2D eigenvalue weighted by molar-refractivity contribution is -0.149. The van der Waals surface area contributed by atoms with Crippen LogP contribution < -0.4 is 0 Å². The van der Waals surface area contributed by atoms with Gasteiger partial charge in [0.25, 0.3) is 0 Å². The maximum Gasteiger partial charge on any atom is 0.410 e. The van der Waals surface area contributed by atoms with Crippen LogP contribution in [0.15, 0.2) is 48.5 Å². The van der Waals surface area contributed by atoms with E-state index < -0.39 is 17.6 Å². The molecule has 1 aliphatic heterocycles. The number of likely N-dealkylation sites (N-methyl/N-ethyl adjacent to an activating group) is 1. The molecular weight excluding hydrogens is 386 g/mol. The Kier molecular flexibility index (Phi) is 5.30. The summed E-state index contributed by atoms with van der Waals surface area (Å²) in [6.07, 6.45) is -0.114. The van der Waals surface area contributed by atoms with E-state index in [2.05, 4.69) is 24.3 Å². The van der Waals surface area contributed by atoms with Gasteiger partial charge in [0.1, 0.15) is 6.61 Å². The first-order chi connectivity index (χ1) is 14.0. The number of fused-ring (bicyclic) bond motifs is 3. The number of carbonyl (C=O) groups excluding carboxylic acids is 1. The maximum absolute atomic E-state index is 13.0. The largest absolute Gasteiger partial charge is 0.479 e. The van der Waals surface area contributed by atoms with Crippen LogP contribution >= 0.6 is 11.8 Å². The third-order valence-corrected chi connectivity index (χ3v) is 7.40. The third kappa shape index (κ3) is 3.29. The molecule has 0 saturated carbocycles. The van der Waals surface area contributed by atoms with E-state index in [1.807, 2.05) is 31.2 Å². The van der Waals surface area contributed by atoms with E-state index in [1.54, 1.807) is 18.7 Å². The number of rotatable bonds is 5. The molecule has 1 heterocycles. The van der Waals surface area contributed by atoms with Crippen molar-refractivity contribution in [3.05, 3.63) is 59.7 Å². The molecule has 29 heavy (non-hydrogen) atoms. The van der Waals surface area contributed by atoms with Crippen molar-refractivity contribution in [1.82, 2.24) is 4.90 Å². The Morgan fingerprint density at radius 1 is 1.14 bits per heavy atom. The number of hydrogen-bond donors (Lipinski definition) is 1. The van der Waals surface area contributed by atoms with Crippen LogP contribution in [-0.4, -0.2) is 51.8 Å². The fourth-order valence-corrected chi connectivity index (χ4v) is 5.96. The fraction of sp³-hybridized carbons (Fsp3) is 0.391. The summed E-state index contributed by atoms with van der Waals surface area (Å²) in [7, 11) is 0. The number of carboxylic acid groups (broad SMARTS) is 1. The SMILES string of the molecule is CCN(C(=O)OCC1c2ccccc2-c2ccccc21)C1(C(=O)O)CSC(C)C1. The van der Waals surface area contributed by atoms with Crippen LogP contribution in [0.2, 0.25) is 0 Å². The van der Waals surface area contributed by atoms with Gasteiger partial charge in [0.2, 0.25) is 0 Å². The van der Waals surface area contributed by atoms with Crippen molar-refractivity contribution in [3.8, 4) is 11.1 Å². The minimum atomic E-state index is -1.19. The zero-order chi connectivity index (χ0) is 20.6. The minimum absolute atomic E-state index is 0.0392. The molecule has 0 radical (unpaired) electrons. The molecule has 1 aliphatic carbocycles. The summed E-state index contributed by atoms with van der Waals surface area (Å²) in [6.45, 7) is 4.30. The van der Waals surface area contributed by atoms with Crippen molar-refractivity contribution in [2.75, 3.05) is 18.9 Å². The van der Waals surface area contributed by atoms with Gasteiger partial charge in [0.05, 0.1) is 0 Å². The van der Waals surface area contributed by atoms with E-state index in [1.165, 1.54) is 16.0 Å². The number of aliphatic carboxylic acids is 1. The summed E-state index contributed by atoms with van der Waals surface area (Å²) in [5, 5.41) is 10.1. The van der Waals surface area contributed by atoms with Crippen LogP contribution in [0.3, 0.4) is 0 Å². The standard InChI is InChI=1S/C23H25NO4S/c1-3-24(23(21(25)26)12-15(2)29-14-23)22(27)28-13-20-18-10-6-4-8-16(18)17-9-5-7-11-19(17)20/h4-11,15,20H,3,12-14H2,1-2H3,(H,25,26). The summed E-state index contributed by atoms with van der Waals surface area (Å²) in [6, 6.07) is 16.3. The smallest absolute Gasteiger partial charge is 0.410 e. The quantitative estimate of drug-likeness (QED) is 0.778. The number of carbonyl (C=O) groups is 2. The van der Waals surface area contributed by atoms with Gasteiger partial charge in [-0.2, -0.15) is 11.8 Å². The van der Waals surface area contributed by atoms with Gasteiger partial charge in [0.15, 0.2) is 5.54 Å². The number of benzene rings is 2. The second kappa shape index (κ2) is 7.75. The van der Waals surface area contributed by atoms with E-state index >= 15 is 0 Å². The lowest BCUT2D eigenvalue weighted by atomic mass is 9.94. The van der Waals surface area contributed by atoms with E-state index in [0.29, 0.717) is 18.7 Å². The number of amides is 1. The first kappa shape index (κ1) is 19.8. The van der Waals surface area contributed by atoms with E-state index in [0.717, 1.165) is 11.1 Å². The van der Waals surface area contributed by atoms with Crippen LogP contribution in [-0.2, 0) is 9.53 Å². The average molecular weight is 412 g/mol. The summed E-state index contributed by atoms with van der Waals surface area (Å²) in [5.41, 5.74) is 3.42. The number of ether oxygens (including phenoxy) is 1. The Balaban J connectivity index is 1.56. The predicted octanol–water partition coefficient (Wildman–Crippen LogP) is 4.61. The molecule has 2 aromatic rings. The molecule has 2 atom stereocenters. The predicted molar refractivity (Wildman–Crippen MR) is 114 cm³/mol.